The van der Waals surface area contributed by atoms with Crippen molar-refractivity contribution in [2.75, 3.05) is 18.6 Å². The van der Waals surface area contributed by atoms with Crippen LogP contribution in [0.1, 0.15) is 20.3 Å². The van der Waals surface area contributed by atoms with Crippen LogP contribution in [0.2, 0.25) is 0 Å². The molecule has 0 aromatic rings. The van der Waals surface area contributed by atoms with Gasteiger partial charge in [0.2, 0.25) is 0 Å². The predicted octanol–water partition coefficient (Wildman–Crippen LogP) is 1.74. The summed E-state index contributed by atoms with van der Waals surface area (Å²) in [7, 11) is 2.02. The summed E-state index contributed by atoms with van der Waals surface area (Å²) < 4.78 is 0. The molecule has 0 heterocycles. The number of hydrogen-bond donors (Lipinski definition) is 1. The molecule has 2 heteroatoms. The smallest absolute Gasteiger partial charge is 0.00435 e. The quantitative estimate of drug-likeness (QED) is 0.594. The van der Waals surface area contributed by atoms with Gasteiger partial charge in [-0.2, -0.15) is 11.8 Å². The van der Waals surface area contributed by atoms with Crippen LogP contribution in [0.25, 0.3) is 0 Å². The Balaban J connectivity index is 2.88. The molecule has 0 saturated heterocycles. The van der Waals surface area contributed by atoms with Crippen LogP contribution in [0, 0.1) is 0 Å². The van der Waals surface area contributed by atoms with Gasteiger partial charge in [0.05, 0.1) is 0 Å². The van der Waals surface area contributed by atoms with Crippen LogP contribution in [0.3, 0.4) is 0 Å². The summed E-state index contributed by atoms with van der Waals surface area (Å²) in [5, 5.41) is 3.21. The van der Waals surface area contributed by atoms with Crippen molar-refractivity contribution in [3.05, 3.63) is 0 Å². The zero-order chi connectivity index (χ0) is 7.11. The molecule has 0 rings (SSSR count). The van der Waals surface area contributed by atoms with Crippen molar-refractivity contribution in [2.45, 2.75) is 26.3 Å². The van der Waals surface area contributed by atoms with E-state index in [4.69, 9.17) is 0 Å². The highest BCUT2D eigenvalue weighted by Gasteiger charge is 1.94. The van der Waals surface area contributed by atoms with E-state index in [-0.39, 0.29) is 0 Å². The summed E-state index contributed by atoms with van der Waals surface area (Å²) in [5.41, 5.74) is 0. The molecule has 0 amide bonds. The van der Waals surface area contributed by atoms with Gasteiger partial charge in [-0.25, -0.2) is 0 Å². The van der Waals surface area contributed by atoms with Crippen LogP contribution in [-0.2, 0) is 0 Å². The average molecular weight is 147 g/mol. The molecule has 1 atom stereocenters. The van der Waals surface area contributed by atoms with Crippen molar-refractivity contribution >= 4 is 11.8 Å². The summed E-state index contributed by atoms with van der Waals surface area (Å²) in [5.74, 6) is 2.54. The minimum absolute atomic E-state index is 0.684. The normalized spacial score (nSPS) is 13.7. The molecule has 1 nitrogen and oxygen atoms in total. The fourth-order valence-corrected chi connectivity index (χ4v) is 1.36. The molecule has 0 spiro atoms. The lowest BCUT2D eigenvalue weighted by atomic mass is 10.3. The Morgan fingerprint density at radius 1 is 1.56 bits per heavy atom. The second-order valence-electron chi connectivity index (χ2n) is 2.18. The number of rotatable bonds is 5. The van der Waals surface area contributed by atoms with Crippen molar-refractivity contribution in [2.24, 2.45) is 0 Å². The van der Waals surface area contributed by atoms with Gasteiger partial charge in [-0.3, -0.25) is 0 Å². The third-order valence-electron chi connectivity index (χ3n) is 1.39. The van der Waals surface area contributed by atoms with Crippen LogP contribution in [0.4, 0.5) is 0 Å². The first-order chi connectivity index (χ1) is 4.31. The highest BCUT2D eigenvalue weighted by Crippen LogP contribution is 2.02. The summed E-state index contributed by atoms with van der Waals surface area (Å²) in [4.78, 5) is 0. The summed E-state index contributed by atoms with van der Waals surface area (Å²) in [6.07, 6.45) is 1.29. The topological polar surface area (TPSA) is 12.0 Å². The Morgan fingerprint density at radius 2 is 2.22 bits per heavy atom. The van der Waals surface area contributed by atoms with E-state index in [1.54, 1.807) is 0 Å². The highest BCUT2D eigenvalue weighted by atomic mass is 32.2. The number of hydrogen-bond acceptors (Lipinski definition) is 2. The van der Waals surface area contributed by atoms with Gasteiger partial charge in [-0.15, -0.1) is 0 Å². The zero-order valence-electron chi connectivity index (χ0n) is 6.61. The van der Waals surface area contributed by atoms with Crippen LogP contribution in [0.5, 0.6) is 0 Å². The SMILES string of the molecule is CCSCC[C@@H](C)NC. The lowest BCUT2D eigenvalue weighted by molar-refractivity contribution is 0.598. The van der Waals surface area contributed by atoms with E-state index in [1.807, 2.05) is 18.8 Å². The standard InChI is InChI=1S/C7H17NS/c1-4-9-6-5-7(2)8-3/h7-8H,4-6H2,1-3H3/t7-/m1/s1. The van der Waals surface area contributed by atoms with Crippen LogP contribution in [0.15, 0.2) is 0 Å². The van der Waals surface area contributed by atoms with Gasteiger partial charge in [0.1, 0.15) is 0 Å². The molecule has 0 aliphatic rings. The number of thioether (sulfide) groups is 1. The molecule has 0 fully saturated rings. The maximum atomic E-state index is 3.21. The maximum Gasteiger partial charge on any atom is 0.00435 e. The van der Waals surface area contributed by atoms with E-state index in [0.29, 0.717) is 6.04 Å². The Bertz CT molecular complexity index is 56.9. The molecule has 0 aromatic carbocycles. The molecule has 9 heavy (non-hydrogen) atoms. The summed E-state index contributed by atoms with van der Waals surface area (Å²) >= 11 is 2.01. The van der Waals surface area contributed by atoms with Gasteiger partial charge in [0.15, 0.2) is 0 Å². The van der Waals surface area contributed by atoms with E-state index in [0.717, 1.165) is 0 Å². The van der Waals surface area contributed by atoms with Crippen molar-refractivity contribution in [3.8, 4) is 0 Å². The molecule has 1 N–H and O–H groups in total. The first-order valence-electron chi connectivity index (χ1n) is 3.56. The lowest BCUT2D eigenvalue weighted by Gasteiger charge is -2.07. The predicted molar refractivity (Wildman–Crippen MR) is 46.1 cm³/mol. The Kier molecular flexibility index (Phi) is 6.65. The monoisotopic (exact) mass is 147 g/mol. The van der Waals surface area contributed by atoms with Gasteiger partial charge >= 0.3 is 0 Å². The van der Waals surface area contributed by atoms with E-state index in [9.17, 15) is 0 Å². The second kappa shape index (κ2) is 6.43. The Hall–Kier alpha value is 0.310. The van der Waals surface area contributed by atoms with Crippen molar-refractivity contribution in [1.29, 1.82) is 0 Å². The van der Waals surface area contributed by atoms with E-state index < -0.39 is 0 Å². The van der Waals surface area contributed by atoms with Gasteiger partial charge in [-0.05, 0) is 31.9 Å². The minimum atomic E-state index is 0.684. The summed E-state index contributed by atoms with van der Waals surface area (Å²) in [6, 6.07) is 0.684. The maximum absolute atomic E-state index is 3.21. The van der Waals surface area contributed by atoms with Crippen LogP contribution >= 0.6 is 11.8 Å². The highest BCUT2D eigenvalue weighted by molar-refractivity contribution is 7.99. The van der Waals surface area contributed by atoms with E-state index in [2.05, 4.69) is 19.2 Å². The Labute approximate surface area is 62.6 Å². The van der Waals surface area contributed by atoms with E-state index >= 15 is 0 Å². The third kappa shape index (κ3) is 6.19. The lowest BCUT2D eigenvalue weighted by Crippen LogP contribution is -2.21. The van der Waals surface area contributed by atoms with Crippen LogP contribution in [-0.4, -0.2) is 24.6 Å². The minimum Gasteiger partial charge on any atom is -0.317 e. The van der Waals surface area contributed by atoms with Crippen molar-refractivity contribution in [1.82, 2.24) is 5.32 Å². The van der Waals surface area contributed by atoms with Gasteiger partial charge in [0.25, 0.3) is 0 Å². The Morgan fingerprint density at radius 3 is 2.67 bits per heavy atom. The van der Waals surface area contributed by atoms with Crippen molar-refractivity contribution in [3.63, 3.8) is 0 Å². The molecule has 0 bridgehead atoms. The van der Waals surface area contributed by atoms with Gasteiger partial charge in [0, 0.05) is 6.04 Å². The number of nitrogens with one attached hydrogen (secondary N) is 1. The second-order valence-corrected chi connectivity index (χ2v) is 3.57. The van der Waals surface area contributed by atoms with Crippen LogP contribution < -0.4 is 5.32 Å². The van der Waals surface area contributed by atoms with Gasteiger partial charge in [-0.1, -0.05) is 6.92 Å². The largest absolute Gasteiger partial charge is 0.317 e. The molecule has 0 unspecified atom stereocenters. The third-order valence-corrected chi connectivity index (χ3v) is 2.32. The summed E-state index contributed by atoms with van der Waals surface area (Å²) in [6.45, 7) is 4.42. The average Bonchev–Trinajstić information content (AvgIpc) is 1.89. The molecule has 0 aromatic heterocycles. The molecular weight excluding hydrogens is 130 g/mol. The zero-order valence-corrected chi connectivity index (χ0v) is 7.42. The van der Waals surface area contributed by atoms with Gasteiger partial charge < -0.3 is 5.32 Å². The molecular formula is C7H17NS. The fraction of sp³-hybridized carbons (Fsp3) is 1.00. The molecule has 0 saturated carbocycles. The molecule has 0 aliphatic carbocycles. The fourth-order valence-electron chi connectivity index (χ4n) is 0.549. The molecule has 0 radical (unpaired) electrons. The molecule has 56 valence electrons. The van der Waals surface area contributed by atoms with Crippen molar-refractivity contribution < 1.29 is 0 Å². The molecule has 0 aliphatic heterocycles. The first kappa shape index (κ1) is 9.31. The first-order valence-corrected chi connectivity index (χ1v) is 4.71. The van der Waals surface area contributed by atoms with E-state index in [1.165, 1.54) is 17.9 Å².